The molecule has 0 bridgehead atoms. The number of carbonyl (C=O) groups is 1. The van der Waals surface area contributed by atoms with Crippen LogP contribution in [-0.4, -0.2) is 42.0 Å². The normalized spacial score (nSPS) is 14.8. The zero-order chi connectivity index (χ0) is 18.3. The van der Waals surface area contributed by atoms with Gasteiger partial charge in [-0.3, -0.25) is 9.78 Å². The molecule has 3 aromatic rings. The Morgan fingerprint density at radius 2 is 1.85 bits per heavy atom. The molecule has 0 atom stereocenters. The van der Waals surface area contributed by atoms with Crippen molar-refractivity contribution in [1.82, 2.24) is 9.88 Å². The molecule has 134 valence electrons. The van der Waals surface area contributed by atoms with Crippen molar-refractivity contribution in [3.63, 3.8) is 0 Å². The molecule has 8 heteroatoms. The van der Waals surface area contributed by atoms with E-state index >= 15 is 0 Å². The molecule has 0 aliphatic carbocycles. The fourth-order valence-electron chi connectivity index (χ4n) is 3.22. The number of hydrogen-bond acceptors (Lipinski definition) is 4. The summed E-state index contributed by atoms with van der Waals surface area (Å²) in [4.78, 5) is 30.3. The number of para-hydroxylation sites is 1. The summed E-state index contributed by atoms with van der Waals surface area (Å²) in [6, 6.07) is 9.66. The topological polar surface area (TPSA) is 69.6 Å². The first-order chi connectivity index (χ1) is 12.5. The number of anilines is 1. The standard InChI is InChI=1S/C18H15ClFN3O3/c19-11-3-1-4-12(20)15(11)17(24)23-9-7-22(8-10-23)14-6-2-5-13-16(14)26-18(25)21-13/h1-6H,7-10H2,(H,21,25). The average Bonchev–Trinajstić information content (AvgIpc) is 3.01. The Kier molecular flexibility index (Phi) is 4.16. The van der Waals surface area contributed by atoms with Gasteiger partial charge < -0.3 is 14.2 Å². The van der Waals surface area contributed by atoms with Crippen LogP contribution in [0.1, 0.15) is 10.4 Å². The van der Waals surface area contributed by atoms with Gasteiger partial charge in [-0.25, -0.2) is 9.18 Å². The molecule has 6 nitrogen and oxygen atoms in total. The van der Waals surface area contributed by atoms with Crippen molar-refractivity contribution < 1.29 is 13.6 Å². The quantitative estimate of drug-likeness (QED) is 0.747. The van der Waals surface area contributed by atoms with Crippen LogP contribution < -0.4 is 10.7 Å². The van der Waals surface area contributed by atoms with Crippen molar-refractivity contribution in [2.24, 2.45) is 0 Å². The van der Waals surface area contributed by atoms with Crippen LogP contribution in [0.2, 0.25) is 5.02 Å². The molecule has 0 spiro atoms. The summed E-state index contributed by atoms with van der Waals surface area (Å²) in [5.41, 5.74) is 1.82. The Hall–Kier alpha value is -2.80. The van der Waals surface area contributed by atoms with Gasteiger partial charge in [-0.1, -0.05) is 23.7 Å². The second-order valence-corrected chi connectivity index (χ2v) is 6.45. The summed E-state index contributed by atoms with van der Waals surface area (Å²) in [6.07, 6.45) is 0. The van der Waals surface area contributed by atoms with Crippen LogP contribution in [0.15, 0.2) is 45.6 Å². The van der Waals surface area contributed by atoms with E-state index in [1.54, 1.807) is 11.0 Å². The van der Waals surface area contributed by atoms with Crippen molar-refractivity contribution in [3.8, 4) is 0 Å². The summed E-state index contributed by atoms with van der Waals surface area (Å²) in [5.74, 6) is -1.54. The highest BCUT2D eigenvalue weighted by Gasteiger charge is 2.27. The molecule has 26 heavy (non-hydrogen) atoms. The van der Waals surface area contributed by atoms with Crippen LogP contribution in [0.5, 0.6) is 0 Å². The molecule has 2 heterocycles. The van der Waals surface area contributed by atoms with E-state index in [1.165, 1.54) is 18.2 Å². The molecule has 1 aliphatic rings. The van der Waals surface area contributed by atoms with Gasteiger partial charge in [0.15, 0.2) is 5.58 Å². The molecule has 0 unspecified atom stereocenters. The lowest BCUT2D eigenvalue weighted by atomic mass is 10.1. The number of piperazine rings is 1. The highest BCUT2D eigenvalue weighted by Crippen LogP contribution is 2.27. The largest absolute Gasteiger partial charge is 0.417 e. The molecule has 1 aromatic heterocycles. The summed E-state index contributed by atoms with van der Waals surface area (Å²) >= 11 is 5.99. The SMILES string of the molecule is O=C(c1c(F)cccc1Cl)N1CCN(c2cccc3[nH]c(=O)oc23)CC1. The van der Waals surface area contributed by atoms with Gasteiger partial charge in [0.1, 0.15) is 5.82 Å². The van der Waals surface area contributed by atoms with E-state index in [9.17, 15) is 14.0 Å². The number of hydrogen-bond donors (Lipinski definition) is 1. The van der Waals surface area contributed by atoms with Crippen LogP contribution in [0.25, 0.3) is 11.1 Å². The van der Waals surface area contributed by atoms with Gasteiger partial charge in [-0.2, -0.15) is 0 Å². The summed E-state index contributed by atoms with van der Waals surface area (Å²) in [6.45, 7) is 1.89. The van der Waals surface area contributed by atoms with Gasteiger partial charge in [-0.05, 0) is 24.3 Å². The van der Waals surface area contributed by atoms with Crippen molar-refractivity contribution in [1.29, 1.82) is 0 Å². The molecular formula is C18H15ClFN3O3. The third kappa shape index (κ3) is 2.84. The number of nitrogens with zero attached hydrogens (tertiary/aromatic N) is 2. The van der Waals surface area contributed by atoms with E-state index in [0.29, 0.717) is 37.3 Å². The number of halogens is 2. The Bertz CT molecular complexity index is 1020. The number of fused-ring (bicyclic) bond motifs is 1. The Balaban J connectivity index is 1.54. The lowest BCUT2D eigenvalue weighted by molar-refractivity contribution is 0.0742. The number of H-pyrrole nitrogens is 1. The van der Waals surface area contributed by atoms with Gasteiger partial charge in [0.25, 0.3) is 5.91 Å². The number of rotatable bonds is 2. The highest BCUT2D eigenvalue weighted by atomic mass is 35.5. The van der Waals surface area contributed by atoms with Crippen LogP contribution in [0, 0.1) is 5.82 Å². The number of nitrogens with one attached hydrogen (secondary N) is 1. The molecule has 0 radical (unpaired) electrons. The van der Waals surface area contributed by atoms with Gasteiger partial charge in [0.2, 0.25) is 0 Å². The fourth-order valence-corrected chi connectivity index (χ4v) is 3.46. The van der Waals surface area contributed by atoms with Gasteiger partial charge >= 0.3 is 5.76 Å². The van der Waals surface area contributed by atoms with E-state index in [0.717, 1.165) is 5.69 Å². The van der Waals surface area contributed by atoms with Crippen LogP contribution >= 0.6 is 11.6 Å². The zero-order valence-electron chi connectivity index (χ0n) is 13.7. The molecule has 1 fully saturated rings. The number of aromatic amines is 1. The molecule has 4 rings (SSSR count). The fraction of sp³-hybridized carbons (Fsp3) is 0.222. The summed E-state index contributed by atoms with van der Waals surface area (Å²) < 4.78 is 19.2. The number of oxazole rings is 1. The van der Waals surface area contributed by atoms with Crippen molar-refractivity contribution in [2.45, 2.75) is 0 Å². The average molecular weight is 376 g/mol. The molecular weight excluding hydrogens is 361 g/mol. The van der Waals surface area contributed by atoms with Gasteiger partial charge in [-0.15, -0.1) is 0 Å². The minimum Gasteiger partial charge on any atom is -0.406 e. The predicted molar refractivity (Wildman–Crippen MR) is 96.4 cm³/mol. The van der Waals surface area contributed by atoms with Crippen LogP contribution in [-0.2, 0) is 0 Å². The van der Waals surface area contributed by atoms with E-state index in [2.05, 4.69) is 4.98 Å². The number of amides is 1. The lowest BCUT2D eigenvalue weighted by Gasteiger charge is -2.36. The number of benzene rings is 2. The molecule has 1 saturated heterocycles. The Labute approximate surface area is 152 Å². The lowest BCUT2D eigenvalue weighted by Crippen LogP contribution is -2.49. The van der Waals surface area contributed by atoms with E-state index in [4.69, 9.17) is 16.0 Å². The molecule has 0 saturated carbocycles. The second kappa shape index (κ2) is 6.49. The van der Waals surface area contributed by atoms with Crippen LogP contribution in [0.3, 0.4) is 0 Å². The van der Waals surface area contributed by atoms with Crippen molar-refractivity contribution >= 4 is 34.3 Å². The maximum Gasteiger partial charge on any atom is 0.417 e. The maximum atomic E-state index is 14.0. The van der Waals surface area contributed by atoms with Gasteiger partial charge in [0.05, 0.1) is 21.8 Å². The smallest absolute Gasteiger partial charge is 0.406 e. The second-order valence-electron chi connectivity index (χ2n) is 6.04. The minimum absolute atomic E-state index is 0.0960. The maximum absolute atomic E-state index is 14.0. The summed E-state index contributed by atoms with van der Waals surface area (Å²) in [5, 5.41) is 0.108. The van der Waals surface area contributed by atoms with E-state index in [-0.39, 0.29) is 10.6 Å². The monoisotopic (exact) mass is 375 g/mol. The third-order valence-electron chi connectivity index (χ3n) is 4.51. The van der Waals surface area contributed by atoms with Crippen molar-refractivity contribution in [3.05, 3.63) is 63.4 Å². The number of aromatic nitrogens is 1. The van der Waals surface area contributed by atoms with E-state index < -0.39 is 17.5 Å². The predicted octanol–water partition coefficient (Wildman–Crippen LogP) is 2.88. The third-order valence-corrected chi connectivity index (χ3v) is 4.82. The first-order valence-corrected chi connectivity index (χ1v) is 8.52. The Morgan fingerprint density at radius 1 is 1.12 bits per heavy atom. The summed E-state index contributed by atoms with van der Waals surface area (Å²) in [7, 11) is 0. The molecule has 1 amide bonds. The highest BCUT2D eigenvalue weighted by molar-refractivity contribution is 6.33. The Morgan fingerprint density at radius 3 is 2.58 bits per heavy atom. The van der Waals surface area contributed by atoms with Crippen LogP contribution in [0.4, 0.5) is 10.1 Å². The molecule has 1 aliphatic heterocycles. The van der Waals surface area contributed by atoms with Crippen molar-refractivity contribution in [2.75, 3.05) is 31.1 Å². The molecule has 2 aromatic carbocycles. The molecule has 1 N–H and O–H groups in total. The minimum atomic E-state index is -0.621. The number of carbonyl (C=O) groups excluding carboxylic acids is 1. The zero-order valence-corrected chi connectivity index (χ0v) is 14.4. The van der Waals surface area contributed by atoms with Gasteiger partial charge in [0, 0.05) is 26.2 Å². The first kappa shape index (κ1) is 16.7. The first-order valence-electron chi connectivity index (χ1n) is 8.14. The van der Waals surface area contributed by atoms with E-state index in [1.807, 2.05) is 17.0 Å².